The normalized spacial score (nSPS) is 31.9. The first-order valence-electron chi connectivity index (χ1n) is 11.5. The highest BCUT2D eigenvalue weighted by Gasteiger charge is 2.72. The summed E-state index contributed by atoms with van der Waals surface area (Å²) in [7, 11) is 1.97. The quantitative estimate of drug-likeness (QED) is 0.396. The van der Waals surface area contributed by atoms with Crippen LogP contribution < -0.4 is 10.5 Å². The predicted molar refractivity (Wildman–Crippen MR) is 118 cm³/mol. The number of phenols is 1. The molecule has 1 spiro atoms. The molecule has 188 valence electrons. The number of hydrogen-bond acceptors (Lipinski definition) is 10. The number of carboxylic acid groups (broad SMARTS) is 1. The van der Waals surface area contributed by atoms with Crippen molar-refractivity contribution in [1.29, 1.82) is 0 Å². The molecule has 2 aliphatic carbocycles. The van der Waals surface area contributed by atoms with Crippen LogP contribution in [0.4, 0.5) is 0 Å². The molecule has 1 saturated heterocycles. The minimum Gasteiger partial charge on any atom is -0.504 e. The molecule has 0 radical (unpaired) electrons. The Morgan fingerprint density at radius 2 is 2.09 bits per heavy atom. The third-order valence-electron chi connectivity index (χ3n) is 7.92. The van der Waals surface area contributed by atoms with Crippen molar-refractivity contribution >= 4 is 17.9 Å². The summed E-state index contributed by atoms with van der Waals surface area (Å²) in [5.41, 5.74) is 4.97. The molecule has 2 aliphatic heterocycles. The number of hydrogen-bond donors (Lipinski definition) is 4. The number of rotatable bonds is 6. The highest BCUT2D eigenvalue weighted by Crippen LogP contribution is 2.65. The van der Waals surface area contributed by atoms with Crippen LogP contribution in [0.5, 0.6) is 11.5 Å². The lowest BCUT2D eigenvalue weighted by molar-refractivity contribution is -0.175. The molecular formula is C24H28N2O9. The third-order valence-corrected chi connectivity index (χ3v) is 7.92. The van der Waals surface area contributed by atoms with E-state index in [1.807, 2.05) is 13.1 Å². The second-order valence-electron chi connectivity index (χ2n) is 9.80. The first-order chi connectivity index (χ1) is 16.5. The number of aromatic hydroxyl groups is 1. The van der Waals surface area contributed by atoms with E-state index >= 15 is 0 Å². The number of piperidine rings is 1. The van der Waals surface area contributed by atoms with E-state index in [9.17, 15) is 24.6 Å². The Morgan fingerprint density at radius 3 is 2.80 bits per heavy atom. The van der Waals surface area contributed by atoms with E-state index in [1.165, 1.54) is 6.92 Å². The van der Waals surface area contributed by atoms with Crippen molar-refractivity contribution in [2.75, 3.05) is 13.6 Å². The lowest BCUT2D eigenvalue weighted by atomic mass is 9.50. The van der Waals surface area contributed by atoms with Gasteiger partial charge in [0.15, 0.2) is 23.7 Å². The summed E-state index contributed by atoms with van der Waals surface area (Å²) in [6.45, 7) is 1.99. The monoisotopic (exact) mass is 488 g/mol. The first-order valence-corrected chi connectivity index (χ1v) is 11.5. The highest BCUT2D eigenvalue weighted by molar-refractivity contribution is 5.84. The van der Waals surface area contributed by atoms with Gasteiger partial charge in [-0.2, -0.15) is 0 Å². The van der Waals surface area contributed by atoms with Gasteiger partial charge in [-0.1, -0.05) is 6.07 Å². The van der Waals surface area contributed by atoms with E-state index in [0.717, 1.165) is 11.1 Å². The van der Waals surface area contributed by atoms with Gasteiger partial charge < -0.3 is 40.2 Å². The zero-order valence-corrected chi connectivity index (χ0v) is 19.4. The van der Waals surface area contributed by atoms with Gasteiger partial charge in [-0.3, -0.25) is 9.59 Å². The Morgan fingerprint density at radius 1 is 1.34 bits per heavy atom. The number of aliphatic carboxylic acids is 1. The van der Waals surface area contributed by atoms with Crippen LogP contribution in [0.3, 0.4) is 0 Å². The Hall–Kier alpha value is -3.15. The fraction of sp³-hybridized carbons (Fsp3) is 0.542. The molecule has 11 heteroatoms. The van der Waals surface area contributed by atoms with Crippen LogP contribution in [0.15, 0.2) is 24.0 Å². The van der Waals surface area contributed by atoms with Crippen LogP contribution in [0.2, 0.25) is 0 Å². The van der Waals surface area contributed by atoms with Crippen LogP contribution in [0.25, 0.3) is 0 Å². The van der Waals surface area contributed by atoms with Gasteiger partial charge in [-0.25, -0.2) is 4.79 Å². The molecule has 0 saturated carbocycles. The molecular weight excluding hydrogens is 460 g/mol. The van der Waals surface area contributed by atoms with Crippen LogP contribution in [-0.4, -0.2) is 81.6 Å². The summed E-state index contributed by atoms with van der Waals surface area (Å²) in [4.78, 5) is 37.7. The number of carboxylic acids is 1. The van der Waals surface area contributed by atoms with Gasteiger partial charge >= 0.3 is 17.9 Å². The van der Waals surface area contributed by atoms with E-state index in [-0.39, 0.29) is 24.0 Å². The highest BCUT2D eigenvalue weighted by atomic mass is 16.6. The summed E-state index contributed by atoms with van der Waals surface area (Å²) in [5.74, 6) is -2.76. The molecule has 0 amide bonds. The smallest absolute Gasteiger partial charge is 0.352 e. The third kappa shape index (κ3) is 3.25. The average Bonchev–Trinajstić information content (AvgIpc) is 3.15. The summed E-state index contributed by atoms with van der Waals surface area (Å²) >= 11 is 0. The molecule has 2 unspecified atom stereocenters. The maximum Gasteiger partial charge on any atom is 0.352 e. The summed E-state index contributed by atoms with van der Waals surface area (Å²) in [6, 6.07) is 1.79. The SMILES string of the molecule is C[C@H](OC(=O)C[C@H](N)C(=O)O)C(=O)OC1=CC[C@@]2(O)[C@H]3Cc4ccc(O)c5c4C2(CCN3C)C1O5. The molecule has 1 aromatic carbocycles. The largest absolute Gasteiger partial charge is 0.504 e. The molecule has 35 heavy (non-hydrogen) atoms. The van der Waals surface area contributed by atoms with Crippen molar-refractivity contribution in [2.24, 2.45) is 5.73 Å². The van der Waals surface area contributed by atoms with Gasteiger partial charge in [0.25, 0.3) is 0 Å². The van der Waals surface area contributed by atoms with Gasteiger partial charge in [0.2, 0.25) is 0 Å². The molecule has 1 aromatic rings. The van der Waals surface area contributed by atoms with E-state index < -0.39 is 53.6 Å². The molecule has 2 bridgehead atoms. The molecule has 2 heterocycles. The number of likely N-dealkylation sites (N-methyl/N-ethyl adjacent to an activating group) is 1. The standard InChI is InChI=1S/C24H28N2O9/c1-11(33-17(28)10-13(25)21(29)30)22(31)34-15-5-6-24(32)16-9-12-3-4-14(27)19-18(12)23(24,20(15)35-19)7-8-26(16)2/h3-5,11,13,16,20,27,32H,6-10,25H2,1-2H3,(H,29,30)/t11-,13-,16+,20?,23?,24+/m0/s1. The van der Waals surface area contributed by atoms with Crippen molar-refractivity contribution in [3.63, 3.8) is 0 Å². The Balaban J connectivity index is 1.42. The molecule has 11 nitrogen and oxygen atoms in total. The number of carbonyl (C=O) groups is 3. The fourth-order valence-corrected chi connectivity index (χ4v) is 6.20. The van der Waals surface area contributed by atoms with Crippen molar-refractivity contribution in [2.45, 2.75) is 67.9 Å². The molecule has 5 N–H and O–H groups in total. The average molecular weight is 488 g/mol. The molecule has 4 aliphatic rings. The number of ether oxygens (including phenoxy) is 3. The van der Waals surface area contributed by atoms with Gasteiger partial charge in [0, 0.05) is 18.0 Å². The van der Waals surface area contributed by atoms with E-state index in [2.05, 4.69) is 4.90 Å². The number of aliphatic hydroxyl groups is 1. The number of carbonyl (C=O) groups excluding carboxylic acids is 2. The van der Waals surface area contributed by atoms with Gasteiger partial charge in [-0.15, -0.1) is 0 Å². The van der Waals surface area contributed by atoms with E-state index in [4.69, 9.17) is 25.1 Å². The summed E-state index contributed by atoms with van der Waals surface area (Å²) in [6.07, 6.45) is 0.179. The lowest BCUT2D eigenvalue weighted by Gasteiger charge is -2.61. The minimum atomic E-state index is -1.44. The van der Waals surface area contributed by atoms with E-state index in [0.29, 0.717) is 25.1 Å². The topological polar surface area (TPSA) is 169 Å². The molecule has 6 atom stereocenters. The molecule has 1 fully saturated rings. The zero-order chi connectivity index (χ0) is 25.3. The second-order valence-corrected chi connectivity index (χ2v) is 9.80. The van der Waals surface area contributed by atoms with Crippen LogP contribution in [0.1, 0.15) is 37.3 Å². The number of nitrogens with two attached hydrogens (primary N) is 1. The molecule has 0 aromatic heterocycles. The Kier molecular flexibility index (Phi) is 5.35. The predicted octanol–water partition coefficient (Wildman–Crippen LogP) is -0.0532. The number of phenolic OH excluding ortho intramolecular Hbond substituents is 1. The number of benzene rings is 1. The van der Waals surface area contributed by atoms with Crippen LogP contribution in [0, 0.1) is 0 Å². The van der Waals surface area contributed by atoms with Crippen molar-refractivity contribution in [1.82, 2.24) is 4.90 Å². The zero-order valence-electron chi connectivity index (χ0n) is 19.4. The van der Waals surface area contributed by atoms with Gasteiger partial charge in [0.1, 0.15) is 11.8 Å². The number of likely N-dealkylation sites (tertiary alicyclic amines) is 1. The Labute approximate surface area is 201 Å². The van der Waals surface area contributed by atoms with E-state index in [1.54, 1.807) is 12.1 Å². The van der Waals surface area contributed by atoms with Crippen molar-refractivity contribution in [3.05, 3.63) is 35.1 Å². The maximum atomic E-state index is 12.8. The maximum absolute atomic E-state index is 12.8. The molecule has 5 rings (SSSR count). The number of esters is 2. The van der Waals surface area contributed by atoms with Crippen LogP contribution in [-0.2, 0) is 35.7 Å². The minimum absolute atomic E-state index is 0.0463. The number of nitrogens with zero attached hydrogens (tertiary/aromatic N) is 1. The lowest BCUT2D eigenvalue weighted by Crippen LogP contribution is -2.74. The van der Waals surface area contributed by atoms with Crippen molar-refractivity contribution in [3.8, 4) is 11.5 Å². The van der Waals surface area contributed by atoms with Gasteiger partial charge in [-0.05, 0) is 51.1 Å². The first kappa shape index (κ1) is 23.6. The fourth-order valence-electron chi connectivity index (χ4n) is 6.20. The van der Waals surface area contributed by atoms with Crippen LogP contribution >= 0.6 is 0 Å². The second kappa shape index (κ2) is 7.94. The summed E-state index contributed by atoms with van der Waals surface area (Å²) < 4.78 is 16.8. The summed E-state index contributed by atoms with van der Waals surface area (Å²) in [5, 5.41) is 31.5. The Bertz CT molecular complexity index is 1150. The van der Waals surface area contributed by atoms with Gasteiger partial charge in [0.05, 0.1) is 17.4 Å². The van der Waals surface area contributed by atoms with Crippen molar-refractivity contribution < 1.29 is 43.9 Å².